The molecule has 3 nitrogen and oxygen atoms in total. The standard InChI is InChI=1S/C17H16N2OS/c1-11(20)19-17-15(10-18)14-8-7-13(9-16(14)21-17)12-5-3-2-4-6-12/h2-6,13H,7-9H2,1H3,(H,19,20). The van der Waals surface area contributed by atoms with Crippen LogP contribution in [0.15, 0.2) is 30.3 Å². The van der Waals surface area contributed by atoms with Crippen LogP contribution in [0.3, 0.4) is 0 Å². The van der Waals surface area contributed by atoms with Crippen molar-refractivity contribution in [2.45, 2.75) is 32.1 Å². The van der Waals surface area contributed by atoms with E-state index < -0.39 is 0 Å². The summed E-state index contributed by atoms with van der Waals surface area (Å²) in [6.07, 6.45) is 2.92. The zero-order chi connectivity index (χ0) is 14.8. The van der Waals surface area contributed by atoms with Crippen LogP contribution in [0.5, 0.6) is 0 Å². The van der Waals surface area contributed by atoms with E-state index in [1.54, 1.807) is 11.3 Å². The first-order chi connectivity index (χ1) is 10.2. The fourth-order valence-electron chi connectivity index (χ4n) is 2.96. The Labute approximate surface area is 128 Å². The maximum absolute atomic E-state index is 11.3. The van der Waals surface area contributed by atoms with Crippen LogP contribution in [0.1, 0.15) is 40.8 Å². The highest BCUT2D eigenvalue weighted by Gasteiger charge is 2.26. The van der Waals surface area contributed by atoms with Gasteiger partial charge in [-0.05, 0) is 36.3 Å². The lowest BCUT2D eigenvalue weighted by molar-refractivity contribution is -0.114. The van der Waals surface area contributed by atoms with Crippen molar-refractivity contribution in [1.29, 1.82) is 5.26 Å². The van der Waals surface area contributed by atoms with Gasteiger partial charge in [-0.1, -0.05) is 30.3 Å². The van der Waals surface area contributed by atoms with Crippen LogP contribution >= 0.6 is 11.3 Å². The Balaban J connectivity index is 1.92. The van der Waals surface area contributed by atoms with E-state index in [0.717, 1.165) is 24.8 Å². The van der Waals surface area contributed by atoms with E-state index in [-0.39, 0.29) is 5.91 Å². The third-order valence-electron chi connectivity index (χ3n) is 3.94. The summed E-state index contributed by atoms with van der Waals surface area (Å²) in [4.78, 5) is 12.5. The molecule has 0 radical (unpaired) electrons. The van der Waals surface area contributed by atoms with Crippen molar-refractivity contribution in [3.63, 3.8) is 0 Å². The second-order valence-corrected chi connectivity index (χ2v) is 6.46. The fraction of sp³-hybridized carbons (Fsp3) is 0.294. The highest BCUT2D eigenvalue weighted by molar-refractivity contribution is 7.16. The van der Waals surface area contributed by atoms with Crippen molar-refractivity contribution in [2.75, 3.05) is 5.32 Å². The normalized spacial score (nSPS) is 16.9. The number of rotatable bonds is 2. The summed E-state index contributed by atoms with van der Waals surface area (Å²) < 4.78 is 0. The number of benzene rings is 1. The van der Waals surface area contributed by atoms with Crippen LogP contribution in [0.4, 0.5) is 5.00 Å². The molecule has 0 bridgehead atoms. The number of nitrogens with one attached hydrogen (secondary N) is 1. The zero-order valence-electron chi connectivity index (χ0n) is 11.8. The second-order valence-electron chi connectivity index (χ2n) is 5.35. The van der Waals surface area contributed by atoms with Gasteiger partial charge in [-0.2, -0.15) is 5.26 Å². The number of hydrogen-bond acceptors (Lipinski definition) is 3. The van der Waals surface area contributed by atoms with Crippen LogP contribution < -0.4 is 5.32 Å². The number of anilines is 1. The van der Waals surface area contributed by atoms with Crippen LogP contribution in [0.25, 0.3) is 0 Å². The molecular formula is C17H16N2OS. The molecule has 1 atom stereocenters. The molecule has 0 spiro atoms. The molecule has 4 heteroatoms. The van der Waals surface area contributed by atoms with E-state index in [0.29, 0.717) is 16.5 Å². The van der Waals surface area contributed by atoms with Gasteiger partial charge in [-0.3, -0.25) is 4.79 Å². The highest BCUT2D eigenvalue weighted by Crippen LogP contribution is 2.42. The molecule has 1 unspecified atom stereocenters. The molecule has 0 saturated heterocycles. The molecule has 106 valence electrons. The van der Waals surface area contributed by atoms with Gasteiger partial charge >= 0.3 is 0 Å². The van der Waals surface area contributed by atoms with Crippen LogP contribution in [-0.2, 0) is 17.6 Å². The van der Waals surface area contributed by atoms with Gasteiger partial charge in [0.15, 0.2) is 0 Å². The number of carbonyl (C=O) groups is 1. The lowest BCUT2D eigenvalue weighted by Gasteiger charge is -2.22. The molecule has 1 aromatic heterocycles. The van der Waals surface area contributed by atoms with Crippen molar-refractivity contribution in [1.82, 2.24) is 0 Å². The van der Waals surface area contributed by atoms with E-state index in [1.807, 2.05) is 6.07 Å². The van der Waals surface area contributed by atoms with Gasteiger partial charge < -0.3 is 5.32 Å². The number of carbonyl (C=O) groups excluding carboxylic acids is 1. The number of nitrogens with zero attached hydrogens (tertiary/aromatic N) is 1. The van der Waals surface area contributed by atoms with E-state index in [4.69, 9.17) is 0 Å². The Morgan fingerprint density at radius 3 is 2.81 bits per heavy atom. The van der Waals surface area contributed by atoms with Crippen molar-refractivity contribution < 1.29 is 4.79 Å². The topological polar surface area (TPSA) is 52.9 Å². The predicted molar refractivity (Wildman–Crippen MR) is 84.5 cm³/mol. The summed E-state index contributed by atoms with van der Waals surface area (Å²) in [6.45, 7) is 1.48. The summed E-state index contributed by atoms with van der Waals surface area (Å²) in [5.74, 6) is 0.388. The lowest BCUT2D eigenvalue weighted by atomic mass is 9.83. The van der Waals surface area contributed by atoms with Gasteiger partial charge in [0.25, 0.3) is 0 Å². The molecule has 1 amide bonds. The van der Waals surface area contributed by atoms with Crippen molar-refractivity contribution >= 4 is 22.2 Å². The molecule has 1 aliphatic carbocycles. The van der Waals surface area contributed by atoms with Gasteiger partial charge in [0, 0.05) is 11.8 Å². The summed E-state index contributed by atoms with van der Waals surface area (Å²) >= 11 is 1.56. The molecular weight excluding hydrogens is 280 g/mol. The van der Waals surface area contributed by atoms with Gasteiger partial charge in [0.2, 0.25) is 5.91 Å². The average molecular weight is 296 g/mol. The van der Waals surface area contributed by atoms with Gasteiger partial charge in [0.05, 0.1) is 5.56 Å². The molecule has 3 rings (SSSR count). The minimum absolute atomic E-state index is 0.121. The second kappa shape index (κ2) is 5.71. The van der Waals surface area contributed by atoms with Gasteiger partial charge in [-0.25, -0.2) is 0 Å². The minimum atomic E-state index is -0.121. The summed E-state index contributed by atoms with van der Waals surface area (Å²) in [5, 5.41) is 12.9. The fourth-order valence-corrected chi connectivity index (χ4v) is 4.29. The third-order valence-corrected chi connectivity index (χ3v) is 5.11. The largest absolute Gasteiger partial charge is 0.317 e. The molecule has 1 heterocycles. The third kappa shape index (κ3) is 2.70. The Kier molecular flexibility index (Phi) is 3.76. The average Bonchev–Trinajstić information content (AvgIpc) is 2.83. The smallest absolute Gasteiger partial charge is 0.221 e. The molecule has 1 aliphatic rings. The molecule has 21 heavy (non-hydrogen) atoms. The van der Waals surface area contributed by atoms with E-state index in [1.165, 1.54) is 17.4 Å². The first-order valence-electron chi connectivity index (χ1n) is 7.06. The van der Waals surface area contributed by atoms with Gasteiger partial charge in [-0.15, -0.1) is 11.3 Å². The predicted octanol–water partition coefficient (Wildman–Crippen LogP) is 3.85. The van der Waals surface area contributed by atoms with E-state index in [9.17, 15) is 10.1 Å². The Bertz CT molecular complexity index is 712. The first-order valence-corrected chi connectivity index (χ1v) is 7.88. The summed E-state index contributed by atoms with van der Waals surface area (Å²) in [5.41, 5.74) is 3.16. The number of nitriles is 1. The Hall–Kier alpha value is -2.12. The molecule has 1 N–H and O–H groups in total. The molecule has 1 aromatic carbocycles. The van der Waals surface area contributed by atoms with Gasteiger partial charge in [0.1, 0.15) is 11.1 Å². The monoisotopic (exact) mass is 296 g/mol. The lowest BCUT2D eigenvalue weighted by Crippen LogP contribution is -2.11. The summed E-state index contributed by atoms with van der Waals surface area (Å²) in [7, 11) is 0. The van der Waals surface area contributed by atoms with Crippen molar-refractivity contribution in [3.05, 3.63) is 51.9 Å². The molecule has 0 aliphatic heterocycles. The maximum atomic E-state index is 11.3. The van der Waals surface area contributed by atoms with E-state index >= 15 is 0 Å². The van der Waals surface area contributed by atoms with Crippen molar-refractivity contribution in [3.8, 4) is 6.07 Å². The molecule has 0 fully saturated rings. The van der Waals surface area contributed by atoms with Crippen LogP contribution in [0, 0.1) is 11.3 Å². The molecule has 2 aromatic rings. The van der Waals surface area contributed by atoms with Crippen molar-refractivity contribution in [2.24, 2.45) is 0 Å². The quantitative estimate of drug-likeness (QED) is 0.915. The number of thiophene rings is 1. The SMILES string of the molecule is CC(=O)Nc1sc2c(c1C#N)CCC(c1ccccc1)C2. The first kappa shape index (κ1) is 13.8. The Morgan fingerprint density at radius 1 is 1.38 bits per heavy atom. The zero-order valence-corrected chi connectivity index (χ0v) is 12.7. The van der Waals surface area contributed by atoms with E-state index in [2.05, 4.69) is 35.7 Å². The maximum Gasteiger partial charge on any atom is 0.221 e. The van der Waals surface area contributed by atoms with Crippen LogP contribution in [-0.4, -0.2) is 5.91 Å². The van der Waals surface area contributed by atoms with Crippen LogP contribution in [0.2, 0.25) is 0 Å². The summed E-state index contributed by atoms with van der Waals surface area (Å²) in [6, 6.07) is 12.8. The number of hydrogen-bond donors (Lipinski definition) is 1. The minimum Gasteiger partial charge on any atom is -0.317 e. The highest BCUT2D eigenvalue weighted by atomic mass is 32.1. The number of amides is 1. The molecule has 0 saturated carbocycles. The Morgan fingerprint density at radius 2 is 2.14 bits per heavy atom. The number of fused-ring (bicyclic) bond motifs is 1.